The molecule has 2 fully saturated rings. The Morgan fingerprint density at radius 1 is 0.862 bits per heavy atom. The number of hydrogen-bond donors (Lipinski definition) is 2. The second kappa shape index (κ2) is 25.9. The van der Waals surface area contributed by atoms with Gasteiger partial charge in [0.15, 0.2) is 5.69 Å². The van der Waals surface area contributed by atoms with Crippen LogP contribution in [-0.4, -0.2) is 156 Å². The molecule has 2 N–H and O–H groups in total. The summed E-state index contributed by atoms with van der Waals surface area (Å²) >= 11 is 6.00. The zero-order valence-corrected chi connectivity index (χ0v) is 39.0. The number of alkyl halides is 2. The number of alkyl carbamates (subject to hydrolysis) is 1. The molecule has 0 radical (unpaired) electrons. The lowest BCUT2D eigenvalue weighted by Gasteiger charge is -2.43. The van der Waals surface area contributed by atoms with E-state index in [1.54, 1.807) is 25.7 Å². The van der Waals surface area contributed by atoms with Crippen LogP contribution >= 0.6 is 11.6 Å². The van der Waals surface area contributed by atoms with Gasteiger partial charge in [0.2, 0.25) is 0 Å². The number of pyridine rings is 1. The largest absolute Gasteiger partial charge is 0.493 e. The Morgan fingerprint density at radius 3 is 2.23 bits per heavy atom. The predicted molar refractivity (Wildman–Crippen MR) is 244 cm³/mol. The van der Waals surface area contributed by atoms with E-state index in [1.165, 1.54) is 12.1 Å². The van der Waals surface area contributed by atoms with Gasteiger partial charge in [-0.25, -0.2) is 18.6 Å². The van der Waals surface area contributed by atoms with Crippen LogP contribution in [0.5, 0.6) is 5.75 Å². The van der Waals surface area contributed by atoms with Crippen molar-refractivity contribution in [2.45, 2.75) is 71.6 Å². The molecule has 2 atom stereocenters. The number of likely N-dealkylation sites (tertiary alicyclic amines) is 1. The third kappa shape index (κ3) is 16.0. The van der Waals surface area contributed by atoms with Gasteiger partial charge in [-0.1, -0.05) is 30.7 Å². The van der Waals surface area contributed by atoms with E-state index in [1.807, 2.05) is 50.2 Å². The summed E-state index contributed by atoms with van der Waals surface area (Å²) in [6.07, 6.45) is -1.95. The van der Waals surface area contributed by atoms with Crippen LogP contribution in [0.4, 0.5) is 19.3 Å². The molecule has 3 amide bonds. The van der Waals surface area contributed by atoms with Gasteiger partial charge in [-0.3, -0.25) is 14.5 Å². The topological polar surface area (TPSA) is 153 Å². The minimum atomic E-state index is -2.86. The summed E-state index contributed by atoms with van der Waals surface area (Å²) in [7, 11) is 0. The number of hydrogen-bond acceptors (Lipinski definition) is 12. The van der Waals surface area contributed by atoms with Crippen LogP contribution in [0.15, 0.2) is 54.6 Å². The summed E-state index contributed by atoms with van der Waals surface area (Å²) in [6, 6.07) is 15.0. The fourth-order valence-corrected chi connectivity index (χ4v) is 7.83. The number of carbonyl (C=O) groups excluding carboxylic acids is 3. The Balaban J connectivity index is 1.09. The van der Waals surface area contributed by atoms with Crippen LogP contribution in [-0.2, 0) is 23.7 Å². The first-order valence-corrected chi connectivity index (χ1v) is 22.8. The number of nitrogens with zero attached hydrogens (tertiary/aromatic N) is 4. The number of para-hydroxylation sites is 1. The molecule has 0 aliphatic carbocycles. The molecule has 0 unspecified atom stereocenters. The van der Waals surface area contributed by atoms with E-state index in [0.717, 1.165) is 24.6 Å². The molecule has 0 bridgehead atoms. The summed E-state index contributed by atoms with van der Waals surface area (Å²) in [5.41, 5.74) is 1.22. The minimum absolute atomic E-state index is 0.0702. The second-order valence-corrected chi connectivity index (χ2v) is 17.1. The van der Waals surface area contributed by atoms with E-state index in [9.17, 15) is 23.2 Å². The number of carbonyl (C=O) groups is 3. The zero-order valence-electron chi connectivity index (χ0n) is 38.3. The van der Waals surface area contributed by atoms with Crippen LogP contribution in [0.1, 0.15) is 80.3 Å². The lowest BCUT2D eigenvalue weighted by atomic mass is 10.0. The summed E-state index contributed by atoms with van der Waals surface area (Å²) in [4.78, 5) is 50.6. The predicted octanol–water partition coefficient (Wildman–Crippen LogP) is 6.87. The lowest BCUT2D eigenvalue weighted by molar-refractivity contribution is -0.00340. The zero-order chi connectivity index (χ0) is 46.8. The van der Waals surface area contributed by atoms with E-state index in [4.69, 9.17) is 45.0 Å². The molecular formula is C47H65ClF2N6O9. The van der Waals surface area contributed by atoms with E-state index >= 15 is 0 Å². The molecular weight excluding hydrogens is 866 g/mol. The average molecular weight is 932 g/mol. The van der Waals surface area contributed by atoms with Crippen molar-refractivity contribution in [3.8, 4) is 17.0 Å². The van der Waals surface area contributed by atoms with Crippen molar-refractivity contribution < 1.29 is 51.6 Å². The number of anilines is 1. The normalized spacial score (nSPS) is 16.8. The molecule has 358 valence electrons. The highest BCUT2D eigenvalue weighted by Gasteiger charge is 2.34. The quantitative estimate of drug-likeness (QED) is 0.0902. The maximum atomic E-state index is 14.3. The Labute approximate surface area is 386 Å². The van der Waals surface area contributed by atoms with Crippen LogP contribution in [0.2, 0.25) is 5.02 Å². The molecule has 0 spiro atoms. The monoisotopic (exact) mass is 930 g/mol. The van der Waals surface area contributed by atoms with Crippen molar-refractivity contribution in [1.29, 1.82) is 0 Å². The smallest absolute Gasteiger partial charge is 0.407 e. The number of piperazine rings is 1. The number of benzene rings is 2. The lowest BCUT2D eigenvalue weighted by Crippen LogP contribution is -2.55. The standard InChI is InChI=1S/C47H65ClF2N6O9/c1-6-35-32-55(45(58)36-13-12-33(48)30-38(36)43(49)50)19-20-56(35)40-15-14-39(37-10-8-9-11-41(37)64-7-2)53-42(40)44(57)52-34-16-18-54(31-34)21-23-61-25-27-63-29-28-62-26-24-60-22-17-51-46(59)65-47(3,4)5/h8-15,30,34-35,43H,6-7,16-29,31-32H2,1-5H3,(H,51,59)(H,52,57)/t34-,35-/m1/s1. The van der Waals surface area contributed by atoms with Crippen molar-refractivity contribution in [2.75, 3.05) is 110 Å². The Morgan fingerprint density at radius 2 is 1.55 bits per heavy atom. The average Bonchev–Trinajstić information content (AvgIpc) is 3.73. The Hall–Kier alpha value is -4.65. The molecule has 0 saturated carbocycles. The second-order valence-electron chi connectivity index (χ2n) is 16.7. The Bertz CT molecular complexity index is 1990. The highest BCUT2D eigenvalue weighted by Crippen LogP contribution is 2.34. The van der Waals surface area contributed by atoms with Crippen molar-refractivity contribution in [2.24, 2.45) is 0 Å². The van der Waals surface area contributed by atoms with Gasteiger partial charge < -0.3 is 48.9 Å². The number of halogens is 3. The molecule has 3 aromatic rings. The highest BCUT2D eigenvalue weighted by molar-refractivity contribution is 6.30. The van der Waals surface area contributed by atoms with E-state index in [2.05, 4.69) is 20.4 Å². The third-order valence-corrected chi connectivity index (χ3v) is 11.0. The number of rotatable bonds is 24. The number of amides is 3. The van der Waals surface area contributed by atoms with Crippen molar-refractivity contribution in [3.05, 3.63) is 76.4 Å². The van der Waals surface area contributed by atoms with Gasteiger partial charge in [-0.05, 0) is 83.0 Å². The molecule has 2 aromatic carbocycles. The summed E-state index contributed by atoms with van der Waals surface area (Å²) < 4.78 is 61.4. The Kier molecular flexibility index (Phi) is 20.4. The van der Waals surface area contributed by atoms with Gasteiger partial charge in [0.05, 0.1) is 70.8 Å². The maximum absolute atomic E-state index is 14.3. The first-order chi connectivity index (χ1) is 31.3. The van der Waals surface area contributed by atoms with E-state index in [-0.39, 0.29) is 47.4 Å². The van der Waals surface area contributed by atoms with E-state index in [0.29, 0.717) is 109 Å². The van der Waals surface area contributed by atoms with Gasteiger partial charge >= 0.3 is 6.09 Å². The van der Waals surface area contributed by atoms with Gasteiger partial charge in [0.25, 0.3) is 18.2 Å². The SMILES string of the molecule is CCOc1ccccc1-c1ccc(N2CCN(C(=O)c3ccc(Cl)cc3C(F)F)C[C@H]2CC)c(C(=O)N[C@@H]2CCN(CCOCCOCCOCCOCCNC(=O)OC(C)(C)C)C2)n1. The molecule has 1 aromatic heterocycles. The number of aromatic nitrogens is 1. The van der Waals surface area contributed by atoms with Crippen LogP contribution in [0.3, 0.4) is 0 Å². The van der Waals surface area contributed by atoms with Gasteiger partial charge in [-0.2, -0.15) is 0 Å². The molecule has 2 aliphatic heterocycles. The molecule has 3 heterocycles. The summed E-state index contributed by atoms with van der Waals surface area (Å²) in [6.45, 7) is 16.6. The fraction of sp³-hybridized carbons (Fsp3) is 0.574. The van der Waals surface area contributed by atoms with Gasteiger partial charge in [0.1, 0.15) is 11.4 Å². The molecule has 5 rings (SSSR count). The van der Waals surface area contributed by atoms with Crippen molar-refractivity contribution in [3.63, 3.8) is 0 Å². The van der Waals surface area contributed by atoms with E-state index < -0.39 is 29.6 Å². The molecule has 15 nitrogen and oxygen atoms in total. The van der Waals surface area contributed by atoms with Crippen molar-refractivity contribution in [1.82, 2.24) is 25.4 Å². The van der Waals surface area contributed by atoms with Crippen LogP contribution < -0.4 is 20.3 Å². The van der Waals surface area contributed by atoms with Gasteiger partial charge in [0, 0.05) is 79.6 Å². The minimum Gasteiger partial charge on any atom is -0.493 e. The third-order valence-electron chi connectivity index (χ3n) is 10.8. The first kappa shape index (κ1) is 51.3. The highest BCUT2D eigenvalue weighted by atomic mass is 35.5. The fourth-order valence-electron chi connectivity index (χ4n) is 7.65. The molecule has 18 heteroatoms. The van der Waals surface area contributed by atoms with Crippen LogP contribution in [0, 0.1) is 0 Å². The maximum Gasteiger partial charge on any atom is 0.407 e. The summed E-state index contributed by atoms with van der Waals surface area (Å²) in [5.74, 6) is -0.138. The van der Waals surface area contributed by atoms with Gasteiger partial charge in [-0.15, -0.1) is 0 Å². The number of ether oxygens (including phenoxy) is 6. The summed E-state index contributed by atoms with van der Waals surface area (Å²) in [5, 5.41) is 6.02. The van der Waals surface area contributed by atoms with Crippen LogP contribution in [0.25, 0.3) is 11.3 Å². The first-order valence-electron chi connectivity index (χ1n) is 22.5. The molecule has 2 aliphatic rings. The number of nitrogens with one attached hydrogen (secondary N) is 2. The molecule has 2 saturated heterocycles. The molecule has 65 heavy (non-hydrogen) atoms. The van der Waals surface area contributed by atoms with Crippen molar-refractivity contribution >= 4 is 35.2 Å².